The number of rotatable bonds is 1. The molecule has 3 nitrogen and oxygen atoms in total. The molecular formula is C7H11FO3. The Kier molecular flexibility index (Phi) is 2.13. The molecule has 4 heteroatoms. The number of carboxylic acid groups (broad SMARTS) is 1. The van der Waals surface area contributed by atoms with E-state index >= 15 is 0 Å². The van der Waals surface area contributed by atoms with Crippen LogP contribution in [0.4, 0.5) is 4.39 Å². The Bertz CT molecular complexity index is 171. The van der Waals surface area contributed by atoms with Gasteiger partial charge in [0, 0.05) is 6.42 Å². The molecule has 0 radical (unpaired) electrons. The van der Waals surface area contributed by atoms with Crippen molar-refractivity contribution in [3.8, 4) is 0 Å². The second-order valence-corrected chi connectivity index (χ2v) is 3.03. The normalized spacial score (nSPS) is 38.5. The summed E-state index contributed by atoms with van der Waals surface area (Å²) in [6.45, 7) is 0. The Labute approximate surface area is 63.8 Å². The fraction of sp³-hybridized carbons (Fsp3) is 0.857. The van der Waals surface area contributed by atoms with Crippen molar-refractivity contribution in [3.63, 3.8) is 0 Å². The summed E-state index contributed by atoms with van der Waals surface area (Å²) >= 11 is 0. The van der Waals surface area contributed by atoms with E-state index in [2.05, 4.69) is 0 Å². The number of carbonyl (C=O) groups is 1. The lowest BCUT2D eigenvalue weighted by molar-refractivity contribution is -0.164. The van der Waals surface area contributed by atoms with Crippen LogP contribution in [0.25, 0.3) is 0 Å². The summed E-state index contributed by atoms with van der Waals surface area (Å²) in [5.74, 6) is -1.31. The summed E-state index contributed by atoms with van der Waals surface area (Å²) in [6.07, 6.45) is -0.435. The zero-order valence-electron chi connectivity index (χ0n) is 6.09. The van der Waals surface area contributed by atoms with Gasteiger partial charge in [-0.15, -0.1) is 0 Å². The van der Waals surface area contributed by atoms with Crippen molar-refractivity contribution in [1.82, 2.24) is 0 Å². The van der Waals surface area contributed by atoms with Gasteiger partial charge < -0.3 is 10.2 Å². The highest BCUT2D eigenvalue weighted by molar-refractivity contribution is 5.77. The van der Waals surface area contributed by atoms with E-state index < -0.39 is 17.7 Å². The predicted octanol–water partition coefficient (Wildman–Crippen LogP) is 0.714. The van der Waals surface area contributed by atoms with Crippen LogP contribution >= 0.6 is 0 Å². The van der Waals surface area contributed by atoms with Crippen molar-refractivity contribution in [3.05, 3.63) is 0 Å². The molecule has 1 saturated carbocycles. The van der Waals surface area contributed by atoms with Crippen LogP contribution in [0, 0.1) is 0 Å². The maximum absolute atomic E-state index is 12.6. The average molecular weight is 162 g/mol. The van der Waals surface area contributed by atoms with Crippen LogP contribution < -0.4 is 0 Å². The third-order valence-corrected chi connectivity index (χ3v) is 2.06. The Morgan fingerprint density at radius 2 is 2.27 bits per heavy atom. The van der Waals surface area contributed by atoms with Crippen LogP contribution in [0.3, 0.4) is 0 Å². The molecule has 1 rings (SSSR count). The summed E-state index contributed by atoms with van der Waals surface area (Å²) in [7, 11) is 0. The topological polar surface area (TPSA) is 57.5 Å². The molecule has 0 heterocycles. The van der Waals surface area contributed by atoms with Gasteiger partial charge in [0.15, 0.2) is 5.60 Å². The van der Waals surface area contributed by atoms with Gasteiger partial charge in [-0.05, 0) is 19.3 Å². The summed E-state index contributed by atoms with van der Waals surface area (Å²) in [6, 6.07) is 0. The Morgan fingerprint density at radius 3 is 2.64 bits per heavy atom. The van der Waals surface area contributed by atoms with E-state index in [4.69, 9.17) is 5.11 Å². The second kappa shape index (κ2) is 2.77. The van der Waals surface area contributed by atoms with Crippen molar-refractivity contribution in [2.24, 2.45) is 0 Å². The highest BCUT2D eigenvalue weighted by Gasteiger charge is 2.41. The first-order chi connectivity index (χ1) is 5.04. The average Bonchev–Trinajstić information content (AvgIpc) is 1.86. The molecule has 64 valence electrons. The van der Waals surface area contributed by atoms with Crippen molar-refractivity contribution in [2.45, 2.75) is 37.5 Å². The number of hydrogen-bond acceptors (Lipinski definition) is 2. The van der Waals surface area contributed by atoms with Crippen LogP contribution in [-0.2, 0) is 4.79 Å². The molecule has 0 spiro atoms. The molecular weight excluding hydrogens is 151 g/mol. The molecule has 1 aliphatic rings. The third kappa shape index (κ3) is 1.68. The van der Waals surface area contributed by atoms with Gasteiger partial charge in [-0.1, -0.05) is 0 Å². The lowest BCUT2D eigenvalue weighted by Crippen LogP contribution is -2.43. The first kappa shape index (κ1) is 8.46. The van der Waals surface area contributed by atoms with Gasteiger partial charge in [0.1, 0.15) is 6.17 Å². The standard InChI is InChI=1S/C7H11FO3/c8-5-2-1-3-7(11,4-5)6(9)10/h5,11H,1-4H2,(H,9,10)/t5-,7+/m1/s1. The SMILES string of the molecule is O=C(O)[C@]1(O)CCC[C@@H](F)C1. The molecule has 0 aliphatic heterocycles. The number of hydrogen-bond donors (Lipinski definition) is 2. The fourth-order valence-corrected chi connectivity index (χ4v) is 1.38. The summed E-state index contributed by atoms with van der Waals surface area (Å²) in [5, 5.41) is 17.8. The monoisotopic (exact) mass is 162 g/mol. The van der Waals surface area contributed by atoms with Crippen LogP contribution in [0.1, 0.15) is 25.7 Å². The molecule has 0 saturated heterocycles. The van der Waals surface area contributed by atoms with Crippen molar-refractivity contribution in [1.29, 1.82) is 0 Å². The van der Waals surface area contributed by atoms with Gasteiger partial charge in [-0.3, -0.25) is 0 Å². The van der Waals surface area contributed by atoms with Crippen LogP contribution in [-0.4, -0.2) is 28.0 Å². The molecule has 11 heavy (non-hydrogen) atoms. The predicted molar refractivity (Wildman–Crippen MR) is 35.9 cm³/mol. The second-order valence-electron chi connectivity index (χ2n) is 3.03. The van der Waals surface area contributed by atoms with Crippen LogP contribution in [0.15, 0.2) is 0 Å². The molecule has 0 unspecified atom stereocenters. The quantitative estimate of drug-likeness (QED) is 0.597. The summed E-state index contributed by atoms with van der Waals surface area (Å²) in [4.78, 5) is 10.4. The van der Waals surface area contributed by atoms with Crippen molar-refractivity contribution < 1.29 is 19.4 Å². The minimum atomic E-state index is -1.81. The zero-order chi connectivity index (χ0) is 8.48. The fourth-order valence-electron chi connectivity index (χ4n) is 1.38. The summed E-state index contributed by atoms with van der Waals surface area (Å²) in [5.41, 5.74) is -1.81. The van der Waals surface area contributed by atoms with E-state index in [1.165, 1.54) is 0 Å². The molecule has 1 fully saturated rings. The molecule has 0 aromatic heterocycles. The highest BCUT2D eigenvalue weighted by Crippen LogP contribution is 2.30. The van der Waals surface area contributed by atoms with Gasteiger partial charge in [0.2, 0.25) is 0 Å². The molecule has 0 amide bonds. The van der Waals surface area contributed by atoms with E-state index in [9.17, 15) is 14.3 Å². The smallest absolute Gasteiger partial charge is 0.335 e. The Morgan fingerprint density at radius 1 is 1.64 bits per heavy atom. The Balaban J connectivity index is 2.63. The van der Waals surface area contributed by atoms with Gasteiger partial charge >= 0.3 is 5.97 Å². The Hall–Kier alpha value is -0.640. The van der Waals surface area contributed by atoms with Crippen molar-refractivity contribution >= 4 is 5.97 Å². The van der Waals surface area contributed by atoms with Crippen molar-refractivity contribution in [2.75, 3.05) is 0 Å². The van der Waals surface area contributed by atoms with Gasteiger partial charge in [-0.25, -0.2) is 9.18 Å². The first-order valence-corrected chi connectivity index (χ1v) is 3.64. The number of halogens is 1. The van der Waals surface area contributed by atoms with E-state index in [0.717, 1.165) is 0 Å². The number of aliphatic hydroxyl groups is 1. The van der Waals surface area contributed by atoms with E-state index in [1.807, 2.05) is 0 Å². The zero-order valence-corrected chi connectivity index (χ0v) is 6.09. The highest BCUT2D eigenvalue weighted by atomic mass is 19.1. The molecule has 1 aliphatic carbocycles. The van der Waals surface area contributed by atoms with Gasteiger partial charge in [0.05, 0.1) is 0 Å². The van der Waals surface area contributed by atoms with E-state index in [0.29, 0.717) is 12.8 Å². The first-order valence-electron chi connectivity index (χ1n) is 3.64. The minimum absolute atomic E-state index is 0.169. The summed E-state index contributed by atoms with van der Waals surface area (Å²) < 4.78 is 12.6. The maximum Gasteiger partial charge on any atom is 0.335 e. The maximum atomic E-state index is 12.6. The largest absolute Gasteiger partial charge is 0.479 e. The number of alkyl halides is 1. The lowest BCUT2D eigenvalue weighted by Gasteiger charge is -2.29. The molecule has 0 aromatic carbocycles. The molecule has 2 N–H and O–H groups in total. The third-order valence-electron chi connectivity index (χ3n) is 2.06. The van der Waals surface area contributed by atoms with E-state index in [1.54, 1.807) is 0 Å². The van der Waals surface area contributed by atoms with Gasteiger partial charge in [0.25, 0.3) is 0 Å². The minimum Gasteiger partial charge on any atom is -0.479 e. The number of carboxylic acids is 1. The van der Waals surface area contributed by atoms with Crippen LogP contribution in [0.5, 0.6) is 0 Å². The van der Waals surface area contributed by atoms with Gasteiger partial charge in [-0.2, -0.15) is 0 Å². The lowest BCUT2D eigenvalue weighted by atomic mass is 9.84. The molecule has 2 atom stereocenters. The van der Waals surface area contributed by atoms with Crippen LogP contribution in [0.2, 0.25) is 0 Å². The number of aliphatic carboxylic acids is 1. The molecule has 0 aromatic rings. The molecule has 0 bridgehead atoms. The van der Waals surface area contributed by atoms with E-state index in [-0.39, 0.29) is 12.8 Å².